The summed E-state index contributed by atoms with van der Waals surface area (Å²) in [6, 6.07) is 37.4. The van der Waals surface area contributed by atoms with E-state index in [-0.39, 0.29) is 72.3 Å². The first-order chi connectivity index (χ1) is 57.0. The number of carboxylic acid groups (broad SMARTS) is 2. The third-order valence-corrected chi connectivity index (χ3v) is 19.3. The van der Waals surface area contributed by atoms with E-state index in [0.29, 0.717) is 169 Å². The Balaban J connectivity index is 0.548. The van der Waals surface area contributed by atoms with Crippen LogP contribution in [0.3, 0.4) is 0 Å². The molecule has 6 aromatic carbocycles. The van der Waals surface area contributed by atoms with E-state index in [1.807, 2.05) is 150 Å². The minimum atomic E-state index is -1.13. The number of aliphatic carboxylic acids is 2. The number of nitrogens with one attached hydrogen (secondary N) is 10. The molecular weight excluding hydrogens is 1500 g/mol. The number of hydrogen-bond acceptors (Lipinski definition) is 19. The van der Waals surface area contributed by atoms with Gasteiger partial charge < -0.3 is 114 Å². The summed E-state index contributed by atoms with van der Waals surface area (Å²) >= 11 is 0. The van der Waals surface area contributed by atoms with Gasteiger partial charge in [-0.15, -0.1) is 0 Å². The van der Waals surface area contributed by atoms with Crippen molar-refractivity contribution < 1.29 is 91.1 Å². The number of aromatic amines is 4. The van der Waals surface area contributed by atoms with Crippen molar-refractivity contribution in [3.05, 3.63) is 192 Å². The van der Waals surface area contributed by atoms with Crippen LogP contribution in [0.5, 0.6) is 11.5 Å². The molecule has 4 atom stereocenters. The fourth-order valence-corrected chi connectivity index (χ4v) is 13.3. The molecule has 4 amide bonds. The van der Waals surface area contributed by atoms with Gasteiger partial charge in [-0.25, -0.2) is 9.59 Å². The van der Waals surface area contributed by atoms with E-state index in [2.05, 4.69) is 51.8 Å². The number of carboxylic acids is 2. The second-order valence-electron chi connectivity index (χ2n) is 29.0. The monoisotopic (exact) mass is 1610 g/mol. The van der Waals surface area contributed by atoms with Gasteiger partial charge >= 0.3 is 11.9 Å². The van der Waals surface area contributed by atoms with Crippen molar-refractivity contribution in [2.45, 2.75) is 90.4 Å². The molecule has 117 heavy (non-hydrogen) atoms. The van der Waals surface area contributed by atoms with Gasteiger partial charge in [0.25, 0.3) is 11.8 Å². The van der Waals surface area contributed by atoms with Gasteiger partial charge in [0, 0.05) is 105 Å². The van der Waals surface area contributed by atoms with Crippen LogP contribution in [0.2, 0.25) is 0 Å². The summed E-state index contributed by atoms with van der Waals surface area (Å²) < 4.78 is 64.2. The molecule has 4 aromatic heterocycles. The third kappa shape index (κ3) is 29.0. The van der Waals surface area contributed by atoms with E-state index in [0.717, 1.165) is 65.9 Å². The number of para-hydroxylation sites is 4. The highest BCUT2D eigenvalue weighted by Crippen LogP contribution is 2.31. The average Bonchev–Trinajstić information content (AvgIpc) is 1.70. The molecule has 0 fully saturated rings. The van der Waals surface area contributed by atoms with Crippen LogP contribution in [0.4, 0.5) is 11.4 Å². The topological polar surface area (TPSA) is 380 Å². The van der Waals surface area contributed by atoms with Crippen LogP contribution >= 0.6 is 0 Å². The summed E-state index contributed by atoms with van der Waals surface area (Å²) in [5, 5.41) is 42.0. The zero-order chi connectivity index (χ0) is 82.4. The van der Waals surface area contributed by atoms with Crippen molar-refractivity contribution in [2.24, 2.45) is 11.8 Å². The number of ether oxygens (including phenoxy) is 11. The van der Waals surface area contributed by atoms with Crippen LogP contribution in [-0.4, -0.2) is 235 Å². The fourth-order valence-electron chi connectivity index (χ4n) is 13.3. The number of anilines is 2. The predicted octanol–water partition coefficient (Wildman–Crippen LogP) is 10.4. The maximum absolute atomic E-state index is 14.4. The minimum Gasteiger partial charge on any atom is -0.491 e. The van der Waals surface area contributed by atoms with Gasteiger partial charge in [0.05, 0.1) is 156 Å². The lowest BCUT2D eigenvalue weighted by Gasteiger charge is -2.21. The fraction of sp³-hybridized carbons (Fsp3) is 0.432. The van der Waals surface area contributed by atoms with Crippen LogP contribution in [-0.2, 0) is 87.5 Å². The highest BCUT2D eigenvalue weighted by molar-refractivity contribution is 6.02. The van der Waals surface area contributed by atoms with Crippen LogP contribution in [0.1, 0.15) is 83.5 Å². The largest absolute Gasteiger partial charge is 0.491 e. The Labute approximate surface area is 680 Å². The van der Waals surface area contributed by atoms with Gasteiger partial charge in [0.15, 0.2) is 0 Å². The Morgan fingerprint density at radius 2 is 0.624 bits per heavy atom. The molecule has 10 aromatic rings. The Morgan fingerprint density at radius 3 is 0.923 bits per heavy atom. The summed E-state index contributed by atoms with van der Waals surface area (Å²) in [6.07, 6.45) is 9.92. The number of rotatable bonds is 58. The average molecular weight is 1610 g/mol. The highest BCUT2D eigenvalue weighted by atomic mass is 16.6. The second-order valence-corrected chi connectivity index (χ2v) is 29.0. The van der Waals surface area contributed by atoms with Crippen molar-refractivity contribution in [3.8, 4) is 11.5 Å². The Bertz CT molecular complexity index is 4440. The molecule has 0 saturated heterocycles. The van der Waals surface area contributed by atoms with Crippen molar-refractivity contribution in [1.29, 1.82) is 0 Å². The van der Waals surface area contributed by atoms with Gasteiger partial charge in [-0.1, -0.05) is 100 Å². The van der Waals surface area contributed by atoms with Crippen LogP contribution < -0.4 is 41.4 Å². The van der Waals surface area contributed by atoms with Crippen molar-refractivity contribution >= 4 is 90.6 Å². The zero-order valence-corrected chi connectivity index (χ0v) is 67.1. The molecule has 29 heteroatoms. The number of benzene rings is 6. The van der Waals surface area contributed by atoms with Crippen LogP contribution in [0, 0.1) is 11.8 Å². The molecular formula is C88H112N10O19. The summed E-state index contributed by atoms with van der Waals surface area (Å²) in [7, 11) is 0. The van der Waals surface area contributed by atoms with E-state index >= 15 is 0 Å². The molecule has 0 radical (unpaired) electrons. The molecule has 628 valence electrons. The molecule has 4 heterocycles. The number of amides is 4. The summed E-state index contributed by atoms with van der Waals surface area (Å²) in [4.78, 5) is 93.2. The van der Waals surface area contributed by atoms with Gasteiger partial charge in [-0.2, -0.15) is 0 Å². The van der Waals surface area contributed by atoms with E-state index in [9.17, 15) is 39.0 Å². The van der Waals surface area contributed by atoms with Gasteiger partial charge in [-0.3, -0.25) is 19.2 Å². The molecule has 0 aliphatic heterocycles. The third-order valence-electron chi connectivity index (χ3n) is 19.3. The molecule has 0 unspecified atom stereocenters. The lowest BCUT2D eigenvalue weighted by molar-refractivity contribution is -0.140. The Hall–Kier alpha value is -10.5. The molecule has 0 aliphatic carbocycles. The van der Waals surface area contributed by atoms with Crippen molar-refractivity contribution in [1.82, 2.24) is 41.2 Å². The van der Waals surface area contributed by atoms with Crippen molar-refractivity contribution in [2.75, 3.05) is 156 Å². The van der Waals surface area contributed by atoms with Gasteiger partial charge in [-0.05, 0) is 120 Å². The van der Waals surface area contributed by atoms with Crippen LogP contribution in [0.15, 0.2) is 158 Å². The van der Waals surface area contributed by atoms with E-state index < -0.39 is 47.9 Å². The van der Waals surface area contributed by atoms with Gasteiger partial charge in [0.1, 0.15) is 23.6 Å². The van der Waals surface area contributed by atoms with E-state index in [4.69, 9.17) is 52.1 Å². The van der Waals surface area contributed by atoms with E-state index in [1.54, 1.807) is 24.3 Å². The standard InChI is InChI=1S/C88H112N10O19/c1-59(2)49-79(87(103)104)97-83(99)61-21-23-75(81(53-61)116-29-25-63-55-91-71-17-9-5-13-67(63)71)95-85(101)77(51-65-57-93-73-19-11-7-15-69(65)73)89-27-31-107-33-35-109-37-39-111-41-43-113-45-47-115-48-46-114-44-42-112-40-38-110-36-34-108-32-28-90-78(52-66-58-94-74-20-12-8-16-70(66)74)86(102)96-76-24-22-62(84(100)98-80(88(105)106)50-60(3)4)54-82(76)117-30-26-64-56-92-72-18-10-6-14-68(64)72/h5-24,53-60,77-80,89-94H,25-52H2,1-4H3,(H,95,101)(H,96,102)(H,97,99)(H,98,100)(H,103,104)(H,105,106)/t77-,78-,79-,80-/m0/s1. The molecule has 0 aliphatic rings. The number of aromatic nitrogens is 4. The maximum Gasteiger partial charge on any atom is 0.326 e. The summed E-state index contributed by atoms with van der Waals surface area (Å²) in [5.74, 6) is -3.51. The molecule has 10 rings (SSSR count). The Morgan fingerprint density at radius 1 is 0.342 bits per heavy atom. The number of carbonyl (C=O) groups excluding carboxylic acids is 4. The maximum atomic E-state index is 14.4. The number of fused-ring (bicyclic) bond motifs is 4. The zero-order valence-electron chi connectivity index (χ0n) is 67.1. The number of hydrogen-bond donors (Lipinski definition) is 12. The quantitative estimate of drug-likeness (QED) is 0.0158. The summed E-state index contributed by atoms with van der Waals surface area (Å²) in [5.41, 5.74) is 8.91. The lowest BCUT2D eigenvalue weighted by atomic mass is 10.0. The molecule has 0 saturated carbocycles. The Kier molecular flexibility index (Phi) is 36.6. The normalized spacial score (nSPS) is 12.7. The van der Waals surface area contributed by atoms with E-state index in [1.165, 1.54) is 12.1 Å². The number of H-pyrrole nitrogens is 4. The van der Waals surface area contributed by atoms with Crippen molar-refractivity contribution in [3.63, 3.8) is 0 Å². The lowest BCUT2D eigenvalue weighted by Crippen LogP contribution is -2.43. The first kappa shape index (κ1) is 88.8. The first-order valence-corrected chi connectivity index (χ1v) is 40.1. The molecule has 29 nitrogen and oxygen atoms in total. The predicted molar refractivity (Wildman–Crippen MR) is 447 cm³/mol. The van der Waals surface area contributed by atoms with Crippen LogP contribution in [0.25, 0.3) is 43.6 Å². The van der Waals surface area contributed by atoms with Gasteiger partial charge in [0.2, 0.25) is 11.8 Å². The molecule has 0 bridgehead atoms. The smallest absolute Gasteiger partial charge is 0.326 e. The molecule has 0 spiro atoms. The number of carbonyl (C=O) groups is 6. The first-order valence-electron chi connectivity index (χ1n) is 40.1. The SMILES string of the molecule is CC(C)C[C@H](NC(=O)c1ccc(NC(=O)[C@H](Cc2c[nH]c3ccccc23)NCCOCCOCCOCCOCCOCCOCCOCCOCCOCCN[C@@H](Cc2c[nH]c3ccccc23)C(=O)Nc2ccc(C(=O)N[C@@H](CC(C)C)C(=O)O)cc2OCCc2c[nH]c3ccccc23)c(OCCc2c[nH]c3ccccc23)c1)C(=O)O. The molecule has 12 N–H and O–H groups in total. The minimum absolute atomic E-state index is 0.0282. The summed E-state index contributed by atoms with van der Waals surface area (Å²) in [6.45, 7) is 15.4. The second kappa shape index (κ2) is 48.2. The highest BCUT2D eigenvalue weighted by Gasteiger charge is 2.28.